The molecule has 8 heteroatoms. The Morgan fingerprint density at radius 1 is 1.09 bits per heavy atom. The lowest BCUT2D eigenvalue weighted by Crippen LogP contribution is -2.23. The van der Waals surface area contributed by atoms with E-state index in [2.05, 4.69) is 4.98 Å². The van der Waals surface area contributed by atoms with Gasteiger partial charge >= 0.3 is 5.97 Å². The van der Waals surface area contributed by atoms with Gasteiger partial charge in [-0.15, -0.1) is 11.3 Å². The van der Waals surface area contributed by atoms with E-state index in [9.17, 15) is 14.0 Å². The van der Waals surface area contributed by atoms with Gasteiger partial charge < -0.3 is 9.15 Å². The third kappa shape index (κ3) is 4.15. The second-order valence-electron chi connectivity index (χ2n) is 7.69. The molecule has 0 atom stereocenters. The maximum absolute atomic E-state index is 14.2. The predicted molar refractivity (Wildman–Crippen MR) is 129 cm³/mol. The average molecular weight is 475 g/mol. The van der Waals surface area contributed by atoms with E-state index in [1.807, 2.05) is 36.4 Å². The lowest BCUT2D eigenvalue weighted by atomic mass is 10.0. The second-order valence-corrected chi connectivity index (χ2v) is 8.52. The van der Waals surface area contributed by atoms with Crippen molar-refractivity contribution in [1.82, 2.24) is 4.98 Å². The van der Waals surface area contributed by atoms with Crippen LogP contribution in [0.1, 0.15) is 18.2 Å². The van der Waals surface area contributed by atoms with Crippen LogP contribution < -0.4 is 4.90 Å². The first-order valence-electron chi connectivity index (χ1n) is 10.5. The maximum Gasteiger partial charge on any atom is 0.310 e. The maximum atomic E-state index is 14.2. The highest BCUT2D eigenvalue weighted by Gasteiger charge is 2.21. The van der Waals surface area contributed by atoms with Gasteiger partial charge in [0, 0.05) is 23.3 Å². The van der Waals surface area contributed by atoms with Crippen LogP contribution >= 0.6 is 11.3 Å². The first-order valence-corrected chi connectivity index (χ1v) is 11.4. The number of benzene rings is 3. The Hall–Kier alpha value is -4.04. The van der Waals surface area contributed by atoms with Crippen molar-refractivity contribution in [2.24, 2.45) is 0 Å². The summed E-state index contributed by atoms with van der Waals surface area (Å²) in [6.07, 6.45) is 1.63. The van der Waals surface area contributed by atoms with Crippen LogP contribution in [0.3, 0.4) is 0 Å². The van der Waals surface area contributed by atoms with Crippen molar-refractivity contribution < 1.29 is 23.1 Å². The summed E-state index contributed by atoms with van der Waals surface area (Å²) in [6.45, 7) is 1.28. The van der Waals surface area contributed by atoms with Gasteiger partial charge in [0.25, 0.3) is 0 Å². The standard InChI is InChI=1S/C26H19FN2O4S/c1-16(30)29(22-9-5-4-8-21(22)27)26-28-19(15-34-26)14-33-24(31)12-18-13-32-23-11-10-17-6-2-3-7-20(17)25(18)23/h2-11,13,15H,12,14H2,1H3. The molecular formula is C26H19FN2O4S. The quantitative estimate of drug-likeness (QED) is 0.276. The molecule has 0 aliphatic heterocycles. The molecule has 34 heavy (non-hydrogen) atoms. The Labute approximate surface area is 198 Å². The number of amides is 1. The Morgan fingerprint density at radius 3 is 2.71 bits per heavy atom. The smallest absolute Gasteiger partial charge is 0.310 e. The molecule has 1 amide bonds. The molecule has 0 saturated heterocycles. The third-order valence-electron chi connectivity index (χ3n) is 5.40. The molecule has 0 aliphatic carbocycles. The number of nitrogens with zero attached hydrogens (tertiary/aromatic N) is 2. The lowest BCUT2D eigenvalue weighted by molar-refractivity contribution is -0.144. The minimum Gasteiger partial charge on any atom is -0.464 e. The van der Waals surface area contributed by atoms with Crippen molar-refractivity contribution in [3.63, 3.8) is 0 Å². The fourth-order valence-electron chi connectivity index (χ4n) is 3.87. The van der Waals surface area contributed by atoms with E-state index < -0.39 is 11.8 Å². The Kier molecular flexibility index (Phi) is 5.81. The van der Waals surface area contributed by atoms with Crippen LogP contribution in [-0.2, 0) is 27.4 Å². The normalized spacial score (nSPS) is 11.1. The van der Waals surface area contributed by atoms with Crippen molar-refractivity contribution in [3.05, 3.63) is 89.4 Å². The van der Waals surface area contributed by atoms with E-state index in [0.717, 1.165) is 21.7 Å². The number of esters is 1. The average Bonchev–Trinajstić information content (AvgIpc) is 3.46. The molecule has 2 aromatic heterocycles. The molecule has 0 N–H and O–H groups in total. The van der Waals surface area contributed by atoms with E-state index in [0.29, 0.717) is 16.4 Å². The Morgan fingerprint density at radius 2 is 1.88 bits per heavy atom. The molecule has 0 unspecified atom stereocenters. The largest absolute Gasteiger partial charge is 0.464 e. The fourth-order valence-corrected chi connectivity index (χ4v) is 4.74. The van der Waals surface area contributed by atoms with Gasteiger partial charge in [0.15, 0.2) is 5.13 Å². The number of ether oxygens (including phenoxy) is 1. The zero-order chi connectivity index (χ0) is 23.7. The molecule has 3 aromatic carbocycles. The van der Waals surface area contributed by atoms with E-state index >= 15 is 0 Å². The number of rotatable bonds is 6. The van der Waals surface area contributed by atoms with Gasteiger partial charge in [-0.2, -0.15) is 0 Å². The number of carbonyl (C=O) groups excluding carboxylic acids is 2. The minimum atomic E-state index is -0.527. The molecule has 0 bridgehead atoms. The zero-order valence-electron chi connectivity index (χ0n) is 18.2. The van der Waals surface area contributed by atoms with Gasteiger partial charge in [-0.1, -0.05) is 42.5 Å². The van der Waals surface area contributed by atoms with Crippen molar-refractivity contribution in [2.45, 2.75) is 20.0 Å². The highest BCUT2D eigenvalue weighted by atomic mass is 32.1. The molecule has 6 nitrogen and oxygen atoms in total. The van der Waals surface area contributed by atoms with Gasteiger partial charge in [-0.25, -0.2) is 9.37 Å². The zero-order valence-corrected chi connectivity index (χ0v) is 19.0. The summed E-state index contributed by atoms with van der Waals surface area (Å²) in [4.78, 5) is 30.3. The van der Waals surface area contributed by atoms with Crippen molar-refractivity contribution in [3.8, 4) is 0 Å². The topological polar surface area (TPSA) is 72.6 Å². The van der Waals surface area contributed by atoms with Gasteiger partial charge in [-0.05, 0) is 29.0 Å². The molecule has 5 rings (SSSR count). The van der Waals surface area contributed by atoms with Crippen LogP contribution in [-0.4, -0.2) is 16.9 Å². The van der Waals surface area contributed by atoms with Crippen LogP contribution in [0.25, 0.3) is 21.7 Å². The summed E-state index contributed by atoms with van der Waals surface area (Å²) in [5.74, 6) is -1.33. The Balaban J connectivity index is 1.30. The molecule has 0 radical (unpaired) electrons. The van der Waals surface area contributed by atoms with Crippen LogP contribution in [0.5, 0.6) is 0 Å². The third-order valence-corrected chi connectivity index (χ3v) is 6.27. The Bertz CT molecular complexity index is 1520. The summed E-state index contributed by atoms with van der Waals surface area (Å²) < 4.78 is 25.3. The van der Waals surface area contributed by atoms with Crippen molar-refractivity contribution in [1.29, 1.82) is 0 Å². The van der Waals surface area contributed by atoms with Crippen LogP contribution in [0, 0.1) is 5.82 Å². The number of halogens is 1. The van der Waals surface area contributed by atoms with E-state index in [1.165, 1.54) is 35.3 Å². The van der Waals surface area contributed by atoms with Gasteiger partial charge in [0.05, 0.1) is 24.1 Å². The number of fused-ring (bicyclic) bond motifs is 3. The van der Waals surface area contributed by atoms with Gasteiger partial charge in [0.2, 0.25) is 5.91 Å². The summed E-state index contributed by atoms with van der Waals surface area (Å²) >= 11 is 1.17. The molecule has 0 spiro atoms. The number of aromatic nitrogens is 1. The van der Waals surface area contributed by atoms with Gasteiger partial charge in [-0.3, -0.25) is 14.5 Å². The van der Waals surface area contributed by atoms with Crippen LogP contribution in [0.2, 0.25) is 0 Å². The number of hydrogen-bond donors (Lipinski definition) is 0. The number of furan rings is 1. The molecule has 0 fully saturated rings. The van der Waals surface area contributed by atoms with Crippen LogP contribution in [0.4, 0.5) is 15.2 Å². The number of anilines is 2. The second kappa shape index (κ2) is 9.07. The fraction of sp³-hybridized carbons (Fsp3) is 0.115. The number of thiazole rings is 1. The van der Waals surface area contributed by atoms with Crippen LogP contribution in [0.15, 0.2) is 76.7 Å². The van der Waals surface area contributed by atoms with Crippen molar-refractivity contribution in [2.75, 3.05) is 4.90 Å². The van der Waals surface area contributed by atoms with E-state index in [4.69, 9.17) is 9.15 Å². The molecule has 2 heterocycles. The molecule has 5 aromatic rings. The molecular weight excluding hydrogens is 455 g/mol. The van der Waals surface area contributed by atoms with Crippen molar-refractivity contribution >= 4 is 55.8 Å². The molecule has 0 saturated carbocycles. The monoisotopic (exact) mass is 474 g/mol. The molecule has 0 aliphatic rings. The summed E-state index contributed by atoms with van der Waals surface area (Å²) in [7, 11) is 0. The SMILES string of the molecule is CC(=O)N(c1nc(COC(=O)Cc2coc3ccc4ccccc4c23)cs1)c1ccccc1F. The number of hydrogen-bond acceptors (Lipinski definition) is 6. The predicted octanol–water partition coefficient (Wildman–Crippen LogP) is 6.15. The molecule has 170 valence electrons. The highest BCUT2D eigenvalue weighted by molar-refractivity contribution is 7.14. The van der Waals surface area contributed by atoms with Gasteiger partial charge in [0.1, 0.15) is 18.0 Å². The summed E-state index contributed by atoms with van der Waals surface area (Å²) in [6, 6.07) is 17.8. The van der Waals surface area contributed by atoms with E-state index in [-0.39, 0.29) is 24.6 Å². The lowest BCUT2D eigenvalue weighted by Gasteiger charge is -2.18. The van der Waals surface area contributed by atoms with E-state index in [1.54, 1.807) is 23.8 Å². The minimum absolute atomic E-state index is 0.0484. The summed E-state index contributed by atoms with van der Waals surface area (Å²) in [5, 5.41) is 4.95. The first-order chi connectivity index (χ1) is 16.5. The highest BCUT2D eigenvalue weighted by Crippen LogP contribution is 2.32. The summed E-state index contributed by atoms with van der Waals surface area (Å²) in [5.41, 5.74) is 2.05. The first kappa shape index (κ1) is 21.8. The number of para-hydroxylation sites is 1. The number of carbonyl (C=O) groups is 2.